The van der Waals surface area contributed by atoms with Crippen LogP contribution in [0.25, 0.3) is 0 Å². The number of carbonyl (C=O) groups is 1. The van der Waals surface area contributed by atoms with Gasteiger partial charge in [-0.25, -0.2) is 4.79 Å². The molecule has 0 saturated carbocycles. The third-order valence-electron chi connectivity index (χ3n) is 2.07. The van der Waals surface area contributed by atoms with Gasteiger partial charge in [-0.3, -0.25) is 0 Å². The van der Waals surface area contributed by atoms with Crippen LogP contribution in [0.15, 0.2) is 30.9 Å². The molecule has 6 heteroatoms. The summed E-state index contributed by atoms with van der Waals surface area (Å²) >= 11 is 16.3. The van der Waals surface area contributed by atoms with E-state index in [4.69, 9.17) is 44.3 Å². The van der Waals surface area contributed by atoms with Crippen LogP contribution < -0.4 is 9.47 Å². The van der Waals surface area contributed by atoms with E-state index in [9.17, 15) is 4.79 Å². The topological polar surface area (TPSA) is 35.5 Å². The van der Waals surface area contributed by atoms with E-state index in [0.29, 0.717) is 23.5 Å². The van der Waals surface area contributed by atoms with Gasteiger partial charge in [0.15, 0.2) is 0 Å². The van der Waals surface area contributed by atoms with E-state index in [-0.39, 0.29) is 0 Å². The largest absolute Gasteiger partial charge is 0.497 e. The Hall–Kier alpha value is -0.900. The van der Waals surface area contributed by atoms with Crippen LogP contribution in [0, 0.1) is 0 Å². The van der Waals surface area contributed by atoms with Crippen LogP contribution >= 0.6 is 34.8 Å². The first-order valence-electron chi connectivity index (χ1n) is 4.95. The van der Waals surface area contributed by atoms with Gasteiger partial charge < -0.3 is 9.47 Å². The smallest absolute Gasteiger partial charge is 0.363 e. The summed E-state index contributed by atoms with van der Waals surface area (Å²) in [5, 5.41) is 0. The molecule has 1 aromatic carbocycles. The van der Waals surface area contributed by atoms with Gasteiger partial charge in [-0.2, -0.15) is 0 Å². The molecule has 0 amide bonds. The average molecular weight is 310 g/mol. The van der Waals surface area contributed by atoms with Crippen LogP contribution in [-0.4, -0.2) is 16.9 Å². The summed E-state index contributed by atoms with van der Waals surface area (Å²) in [7, 11) is 1.54. The van der Waals surface area contributed by atoms with Gasteiger partial charge >= 0.3 is 5.97 Å². The first kappa shape index (κ1) is 15.2. The molecule has 1 rings (SSSR count). The second-order valence-electron chi connectivity index (χ2n) is 3.35. The van der Waals surface area contributed by atoms with E-state index in [2.05, 4.69) is 6.58 Å². The lowest BCUT2D eigenvalue weighted by atomic mass is 10.1. The minimum absolute atomic E-state index is 0.312. The molecule has 1 aromatic rings. The molecule has 0 bridgehead atoms. The Morgan fingerprint density at radius 3 is 2.61 bits per heavy atom. The molecule has 0 heterocycles. The Balaban J connectivity index is 3.01. The fourth-order valence-electron chi connectivity index (χ4n) is 1.26. The van der Waals surface area contributed by atoms with E-state index in [0.717, 1.165) is 0 Å². The quantitative estimate of drug-likeness (QED) is 0.368. The molecule has 0 atom stereocenters. The molecular weight excluding hydrogens is 298 g/mol. The molecule has 0 saturated heterocycles. The minimum atomic E-state index is -2.11. The second-order valence-corrected chi connectivity index (χ2v) is 5.63. The number of methoxy groups -OCH3 is 1. The van der Waals surface area contributed by atoms with Gasteiger partial charge in [0.05, 0.1) is 7.11 Å². The Bertz CT molecular complexity index is 452. The van der Waals surface area contributed by atoms with Gasteiger partial charge in [-0.05, 0) is 24.6 Å². The Labute approximate surface area is 120 Å². The van der Waals surface area contributed by atoms with E-state index >= 15 is 0 Å². The number of alkyl halides is 3. The maximum absolute atomic E-state index is 11.5. The molecule has 0 radical (unpaired) electrons. The lowest BCUT2D eigenvalue weighted by Crippen LogP contribution is -2.25. The monoisotopic (exact) mass is 308 g/mol. The van der Waals surface area contributed by atoms with E-state index in [1.54, 1.807) is 31.4 Å². The zero-order chi connectivity index (χ0) is 13.8. The van der Waals surface area contributed by atoms with Crippen molar-refractivity contribution in [2.75, 3.05) is 7.11 Å². The van der Waals surface area contributed by atoms with Gasteiger partial charge in [0.25, 0.3) is 3.79 Å². The van der Waals surface area contributed by atoms with Crippen LogP contribution in [0.1, 0.15) is 5.56 Å². The summed E-state index contributed by atoms with van der Waals surface area (Å²) in [5.74, 6) is -0.00413. The number of hydrogen-bond donors (Lipinski definition) is 0. The zero-order valence-electron chi connectivity index (χ0n) is 9.58. The number of rotatable bonds is 4. The maximum atomic E-state index is 11.5. The van der Waals surface area contributed by atoms with Crippen molar-refractivity contribution in [2.45, 2.75) is 10.2 Å². The van der Waals surface area contributed by atoms with E-state index in [1.807, 2.05) is 0 Å². The Morgan fingerprint density at radius 2 is 2.11 bits per heavy atom. The first-order valence-corrected chi connectivity index (χ1v) is 6.08. The summed E-state index contributed by atoms with van der Waals surface area (Å²) in [4.78, 5) is 11.5. The van der Waals surface area contributed by atoms with Crippen molar-refractivity contribution in [3.8, 4) is 11.5 Å². The number of carbonyl (C=O) groups excluding carboxylic acids is 1. The molecule has 0 aromatic heterocycles. The minimum Gasteiger partial charge on any atom is -0.497 e. The lowest BCUT2D eigenvalue weighted by Gasteiger charge is -2.13. The highest BCUT2D eigenvalue weighted by molar-refractivity contribution is 6.75. The highest BCUT2D eigenvalue weighted by atomic mass is 35.6. The van der Waals surface area contributed by atoms with Gasteiger partial charge in [-0.15, -0.1) is 6.58 Å². The highest BCUT2D eigenvalue weighted by Gasteiger charge is 2.33. The molecule has 0 N–H and O–H groups in total. The van der Waals surface area contributed by atoms with Crippen LogP contribution in [0.4, 0.5) is 0 Å². The number of halogens is 3. The number of allylic oxidation sites excluding steroid dienone is 1. The van der Waals surface area contributed by atoms with Crippen molar-refractivity contribution in [1.82, 2.24) is 0 Å². The average Bonchev–Trinajstić information content (AvgIpc) is 2.30. The normalized spacial score (nSPS) is 10.9. The molecule has 3 nitrogen and oxygen atoms in total. The fraction of sp³-hybridized carbons (Fsp3) is 0.250. The molecule has 0 fully saturated rings. The van der Waals surface area contributed by atoms with Gasteiger partial charge in [-0.1, -0.05) is 40.9 Å². The molecule has 0 unspecified atom stereocenters. The standard InChI is InChI=1S/C12H11Cl3O3/c1-3-4-8-7-9(17-2)5-6-10(8)18-11(16)12(13,14)15/h3,5-7H,1,4H2,2H3. The zero-order valence-corrected chi connectivity index (χ0v) is 11.9. The predicted octanol–water partition coefficient (Wildman–Crippen LogP) is 3.70. The van der Waals surface area contributed by atoms with Crippen LogP contribution in [0.2, 0.25) is 0 Å². The number of benzene rings is 1. The molecular formula is C12H11Cl3O3. The third-order valence-corrected chi connectivity index (χ3v) is 2.53. The number of ether oxygens (including phenoxy) is 2. The molecule has 0 aliphatic rings. The van der Waals surface area contributed by atoms with Crippen LogP contribution in [-0.2, 0) is 11.2 Å². The van der Waals surface area contributed by atoms with Gasteiger partial charge in [0.1, 0.15) is 11.5 Å². The Kier molecular flexibility index (Phi) is 5.32. The predicted molar refractivity (Wildman–Crippen MR) is 72.8 cm³/mol. The van der Waals surface area contributed by atoms with Gasteiger partial charge in [0, 0.05) is 5.56 Å². The van der Waals surface area contributed by atoms with Crippen molar-refractivity contribution >= 4 is 40.8 Å². The summed E-state index contributed by atoms with van der Waals surface area (Å²) < 4.78 is 7.99. The molecule has 98 valence electrons. The van der Waals surface area contributed by atoms with Crippen LogP contribution in [0.3, 0.4) is 0 Å². The molecule has 18 heavy (non-hydrogen) atoms. The number of hydrogen-bond acceptors (Lipinski definition) is 3. The second kappa shape index (κ2) is 6.32. The molecule has 0 spiro atoms. The van der Waals surface area contributed by atoms with Crippen molar-refractivity contribution in [3.05, 3.63) is 36.4 Å². The van der Waals surface area contributed by atoms with Crippen molar-refractivity contribution in [1.29, 1.82) is 0 Å². The van der Waals surface area contributed by atoms with Crippen molar-refractivity contribution < 1.29 is 14.3 Å². The van der Waals surface area contributed by atoms with Crippen molar-refractivity contribution in [3.63, 3.8) is 0 Å². The summed E-state index contributed by atoms with van der Waals surface area (Å²) in [6, 6.07) is 4.95. The molecule has 0 aliphatic carbocycles. The maximum Gasteiger partial charge on any atom is 0.363 e. The van der Waals surface area contributed by atoms with E-state index in [1.165, 1.54) is 0 Å². The van der Waals surface area contributed by atoms with Crippen LogP contribution in [0.5, 0.6) is 11.5 Å². The number of esters is 1. The summed E-state index contributed by atoms with van der Waals surface area (Å²) in [6.45, 7) is 3.62. The van der Waals surface area contributed by atoms with Crippen molar-refractivity contribution in [2.24, 2.45) is 0 Å². The van der Waals surface area contributed by atoms with Gasteiger partial charge in [0.2, 0.25) is 0 Å². The Morgan fingerprint density at radius 1 is 1.44 bits per heavy atom. The lowest BCUT2D eigenvalue weighted by molar-refractivity contribution is -0.133. The third kappa shape index (κ3) is 4.09. The highest BCUT2D eigenvalue weighted by Crippen LogP contribution is 2.31. The first-order chi connectivity index (χ1) is 8.38. The molecule has 0 aliphatic heterocycles. The summed E-state index contributed by atoms with van der Waals surface area (Å²) in [6.07, 6.45) is 2.17. The fourth-order valence-corrected chi connectivity index (χ4v) is 1.37. The SMILES string of the molecule is C=CCc1cc(OC)ccc1OC(=O)C(Cl)(Cl)Cl. The summed E-state index contributed by atoms with van der Waals surface area (Å²) in [5.41, 5.74) is 0.715. The van der Waals surface area contributed by atoms with E-state index < -0.39 is 9.76 Å².